The van der Waals surface area contributed by atoms with Gasteiger partial charge in [0.15, 0.2) is 4.77 Å². The van der Waals surface area contributed by atoms with E-state index in [1.54, 1.807) is 0 Å². The van der Waals surface area contributed by atoms with Gasteiger partial charge in [0, 0.05) is 15.2 Å². The van der Waals surface area contributed by atoms with Crippen LogP contribution in [0.1, 0.15) is 0 Å². The number of aromatic amines is 1. The topological polar surface area (TPSA) is 33.6 Å². The molecule has 0 aliphatic heterocycles. The number of benzene rings is 2. The first-order valence-electron chi connectivity index (χ1n) is 6.48. The lowest BCUT2D eigenvalue weighted by molar-refractivity contribution is 1.07. The zero-order chi connectivity index (χ0) is 14.4. The molecule has 0 aliphatic rings. The van der Waals surface area contributed by atoms with Crippen molar-refractivity contribution in [1.82, 2.24) is 14.5 Å². The number of fused-ring (bicyclic) bond motifs is 2. The summed E-state index contributed by atoms with van der Waals surface area (Å²) in [7, 11) is 0. The Hall–Kier alpha value is -1.73. The Morgan fingerprint density at radius 1 is 1.10 bits per heavy atom. The third kappa shape index (κ3) is 2.08. The van der Waals surface area contributed by atoms with Gasteiger partial charge in [0.1, 0.15) is 0 Å². The van der Waals surface area contributed by atoms with Crippen LogP contribution < -0.4 is 0 Å². The van der Waals surface area contributed by atoms with Crippen LogP contribution in [-0.4, -0.2) is 14.5 Å². The van der Waals surface area contributed by atoms with Crippen LogP contribution in [-0.2, 0) is 0 Å². The van der Waals surface area contributed by atoms with E-state index < -0.39 is 0 Å². The molecule has 0 radical (unpaired) electrons. The van der Waals surface area contributed by atoms with Gasteiger partial charge in [0.05, 0.1) is 22.2 Å². The summed E-state index contributed by atoms with van der Waals surface area (Å²) in [5.74, 6) is 0. The van der Waals surface area contributed by atoms with E-state index in [0.29, 0.717) is 4.77 Å². The molecule has 4 rings (SSSR count). The third-order valence-electron chi connectivity index (χ3n) is 3.50. The molecule has 0 amide bonds. The quantitative estimate of drug-likeness (QED) is 0.365. The summed E-state index contributed by atoms with van der Waals surface area (Å²) in [5, 5.41) is 1.11. The van der Waals surface area contributed by atoms with Crippen molar-refractivity contribution in [2.45, 2.75) is 0 Å². The maximum atomic E-state index is 5.52. The van der Waals surface area contributed by atoms with Gasteiger partial charge in [-0.1, -0.05) is 18.2 Å². The van der Waals surface area contributed by atoms with Gasteiger partial charge in [0.2, 0.25) is 0 Å². The number of halogens is 1. The van der Waals surface area contributed by atoms with Gasteiger partial charge in [0.25, 0.3) is 0 Å². The first kappa shape index (κ1) is 13.0. The van der Waals surface area contributed by atoms with Gasteiger partial charge >= 0.3 is 0 Å². The first-order valence-corrected chi connectivity index (χ1v) is 7.97. The third-order valence-corrected chi connectivity index (χ3v) is 4.45. The average Bonchev–Trinajstić information content (AvgIpc) is 2.81. The molecule has 21 heavy (non-hydrogen) atoms. The highest BCUT2D eigenvalue weighted by molar-refractivity contribution is 14.1. The number of rotatable bonds is 1. The van der Waals surface area contributed by atoms with Gasteiger partial charge in [-0.3, -0.25) is 9.55 Å². The number of aromatic nitrogens is 3. The summed E-state index contributed by atoms with van der Waals surface area (Å²) in [6.45, 7) is 0. The van der Waals surface area contributed by atoms with Crippen LogP contribution >= 0.6 is 34.8 Å². The van der Waals surface area contributed by atoms with Crippen LogP contribution in [0.25, 0.3) is 27.6 Å². The maximum absolute atomic E-state index is 5.52. The molecule has 5 heteroatoms. The summed E-state index contributed by atoms with van der Waals surface area (Å²) in [6, 6.07) is 16.4. The molecule has 1 N–H and O–H groups in total. The minimum Gasteiger partial charge on any atom is -0.330 e. The van der Waals surface area contributed by atoms with Crippen LogP contribution in [0, 0.1) is 8.34 Å². The average molecular weight is 403 g/mol. The van der Waals surface area contributed by atoms with Gasteiger partial charge in [-0.05, 0) is 65.1 Å². The minimum atomic E-state index is 0.685. The fourth-order valence-electron chi connectivity index (χ4n) is 2.59. The lowest BCUT2D eigenvalue weighted by Crippen LogP contribution is -1.96. The van der Waals surface area contributed by atoms with Crippen molar-refractivity contribution in [3.8, 4) is 5.69 Å². The normalized spacial score (nSPS) is 11.3. The maximum Gasteiger partial charge on any atom is 0.182 e. The van der Waals surface area contributed by atoms with Crippen molar-refractivity contribution < 1.29 is 0 Å². The van der Waals surface area contributed by atoms with Crippen LogP contribution in [0.4, 0.5) is 0 Å². The lowest BCUT2D eigenvalue weighted by atomic mass is 10.2. The van der Waals surface area contributed by atoms with Gasteiger partial charge < -0.3 is 4.98 Å². The lowest BCUT2D eigenvalue weighted by Gasteiger charge is -2.08. The Labute approximate surface area is 139 Å². The van der Waals surface area contributed by atoms with Crippen LogP contribution in [0.15, 0.2) is 54.7 Å². The van der Waals surface area contributed by atoms with Crippen LogP contribution in [0.3, 0.4) is 0 Å². The highest BCUT2D eigenvalue weighted by atomic mass is 127. The summed E-state index contributed by atoms with van der Waals surface area (Å²) in [6.07, 6.45) is 1.81. The van der Waals surface area contributed by atoms with Crippen molar-refractivity contribution in [3.05, 3.63) is 63.1 Å². The number of hydrogen-bond donors (Lipinski definition) is 1. The van der Waals surface area contributed by atoms with E-state index in [-0.39, 0.29) is 0 Å². The van der Waals surface area contributed by atoms with Crippen LogP contribution in [0.5, 0.6) is 0 Å². The molecule has 0 fully saturated rings. The molecule has 2 aromatic carbocycles. The fraction of sp³-hybridized carbons (Fsp3) is 0. The molecule has 4 aromatic rings. The Bertz CT molecular complexity index is 1030. The molecule has 2 heterocycles. The molecule has 0 atom stereocenters. The molecule has 102 valence electrons. The number of H-pyrrole nitrogens is 1. The smallest absolute Gasteiger partial charge is 0.182 e. The monoisotopic (exact) mass is 403 g/mol. The van der Waals surface area contributed by atoms with E-state index in [0.717, 1.165) is 27.6 Å². The Morgan fingerprint density at radius 3 is 2.86 bits per heavy atom. The molecule has 0 saturated carbocycles. The van der Waals surface area contributed by atoms with Gasteiger partial charge in [-0.15, -0.1) is 0 Å². The molecular weight excluding hydrogens is 393 g/mol. The van der Waals surface area contributed by atoms with Gasteiger partial charge in [-0.2, -0.15) is 0 Å². The second-order valence-corrected chi connectivity index (χ2v) is 6.41. The zero-order valence-electron chi connectivity index (χ0n) is 10.9. The molecule has 0 spiro atoms. The molecule has 2 aromatic heterocycles. The second kappa shape index (κ2) is 4.92. The largest absolute Gasteiger partial charge is 0.330 e. The highest BCUT2D eigenvalue weighted by Crippen LogP contribution is 2.25. The fourth-order valence-corrected chi connectivity index (χ4v) is 3.39. The number of imidazole rings is 1. The summed E-state index contributed by atoms with van der Waals surface area (Å²) >= 11 is 7.82. The van der Waals surface area contributed by atoms with Crippen molar-refractivity contribution >= 4 is 56.7 Å². The van der Waals surface area contributed by atoms with Crippen molar-refractivity contribution in [2.24, 2.45) is 0 Å². The molecular formula is C16H10IN3S. The Morgan fingerprint density at radius 2 is 1.95 bits per heavy atom. The number of pyridine rings is 1. The van der Waals surface area contributed by atoms with Crippen molar-refractivity contribution in [2.75, 3.05) is 0 Å². The van der Waals surface area contributed by atoms with Gasteiger partial charge in [-0.25, -0.2) is 0 Å². The van der Waals surface area contributed by atoms with E-state index in [2.05, 4.69) is 73.5 Å². The van der Waals surface area contributed by atoms with Crippen molar-refractivity contribution in [1.29, 1.82) is 0 Å². The summed E-state index contributed by atoms with van der Waals surface area (Å²) in [5.41, 5.74) is 4.07. The molecule has 0 unspecified atom stereocenters. The number of hydrogen-bond acceptors (Lipinski definition) is 2. The second-order valence-electron chi connectivity index (χ2n) is 4.78. The Kier molecular flexibility index (Phi) is 3.04. The molecule has 0 bridgehead atoms. The van der Waals surface area contributed by atoms with E-state index >= 15 is 0 Å². The molecule has 3 nitrogen and oxygen atoms in total. The number of nitrogens with one attached hydrogen (secondary N) is 1. The molecule has 0 saturated heterocycles. The van der Waals surface area contributed by atoms with Crippen LogP contribution in [0.2, 0.25) is 0 Å². The summed E-state index contributed by atoms with van der Waals surface area (Å²) in [4.78, 5) is 7.80. The minimum absolute atomic E-state index is 0.685. The number of nitrogens with zero attached hydrogens (tertiary/aromatic N) is 2. The summed E-state index contributed by atoms with van der Waals surface area (Å²) < 4.78 is 3.92. The van der Waals surface area contributed by atoms with Crippen molar-refractivity contribution in [3.63, 3.8) is 0 Å². The van der Waals surface area contributed by atoms with E-state index in [1.165, 1.54) is 3.57 Å². The predicted octanol–water partition coefficient (Wildman–Crippen LogP) is 4.84. The van der Waals surface area contributed by atoms with E-state index in [1.807, 2.05) is 18.3 Å². The molecule has 0 aliphatic carbocycles. The first-order chi connectivity index (χ1) is 10.2. The standard InChI is InChI=1S/C16H10IN3S/c17-11-6-7-13-12(9-11)19-16(21)20(13)14-5-1-3-10-4-2-8-18-15(10)14/h1-9H,(H,19,21). The number of para-hydroxylation sites is 1. The highest BCUT2D eigenvalue weighted by Gasteiger charge is 2.10. The van der Waals surface area contributed by atoms with E-state index in [4.69, 9.17) is 12.2 Å². The zero-order valence-corrected chi connectivity index (χ0v) is 13.9. The Balaban J connectivity index is 2.14. The SMILES string of the molecule is S=c1[nH]c2cc(I)ccc2n1-c1cccc2cccnc12. The predicted molar refractivity (Wildman–Crippen MR) is 96.5 cm³/mol. The van der Waals surface area contributed by atoms with E-state index in [9.17, 15) is 0 Å².